The highest BCUT2D eigenvalue weighted by Gasteiger charge is 2.45. The molecule has 0 saturated heterocycles. The zero-order valence-electron chi connectivity index (χ0n) is 13.8. The van der Waals surface area contributed by atoms with Crippen LogP contribution in [0, 0.1) is 5.92 Å². The van der Waals surface area contributed by atoms with Gasteiger partial charge in [0.25, 0.3) is 5.92 Å². The number of hydrogen-bond acceptors (Lipinski definition) is 4. The van der Waals surface area contributed by atoms with Gasteiger partial charge in [-0.15, -0.1) is 0 Å². The molecule has 2 atom stereocenters. The summed E-state index contributed by atoms with van der Waals surface area (Å²) in [7, 11) is -4.21. The molecule has 7 nitrogen and oxygen atoms in total. The Labute approximate surface area is 140 Å². The Morgan fingerprint density at radius 1 is 1.38 bits per heavy atom. The van der Waals surface area contributed by atoms with Gasteiger partial charge in [0.15, 0.2) is 0 Å². The SMILES string of the molecule is CC(=O)NCCN(C(C)C(=O)O)S(=O)(=O)CC1CCCCC1(F)F. The number of carboxylic acids is 1. The molecule has 0 aromatic rings. The molecule has 1 fully saturated rings. The molecule has 24 heavy (non-hydrogen) atoms. The molecule has 1 amide bonds. The van der Waals surface area contributed by atoms with Gasteiger partial charge < -0.3 is 10.4 Å². The van der Waals surface area contributed by atoms with E-state index in [0.29, 0.717) is 17.1 Å². The number of nitrogens with one attached hydrogen (secondary N) is 1. The zero-order chi connectivity index (χ0) is 18.5. The monoisotopic (exact) mass is 370 g/mol. The third-order valence-corrected chi connectivity index (χ3v) is 6.21. The smallest absolute Gasteiger partial charge is 0.321 e. The number of carboxylic acid groups (broad SMARTS) is 1. The van der Waals surface area contributed by atoms with E-state index in [2.05, 4.69) is 5.32 Å². The van der Waals surface area contributed by atoms with Crippen molar-refractivity contribution in [3.63, 3.8) is 0 Å². The van der Waals surface area contributed by atoms with Crippen molar-refractivity contribution in [2.24, 2.45) is 5.92 Å². The molecule has 0 aromatic heterocycles. The molecule has 1 rings (SSSR count). The van der Waals surface area contributed by atoms with E-state index in [9.17, 15) is 26.8 Å². The fraction of sp³-hybridized carbons (Fsp3) is 0.857. The first kappa shape index (κ1) is 20.8. The Kier molecular flexibility index (Phi) is 7.09. The van der Waals surface area contributed by atoms with Crippen LogP contribution in [-0.2, 0) is 19.6 Å². The summed E-state index contributed by atoms with van der Waals surface area (Å²) in [5, 5.41) is 11.5. The summed E-state index contributed by atoms with van der Waals surface area (Å²) in [6.07, 6.45) is 0.609. The van der Waals surface area contributed by atoms with E-state index in [1.54, 1.807) is 0 Å². The highest BCUT2D eigenvalue weighted by molar-refractivity contribution is 7.89. The van der Waals surface area contributed by atoms with Crippen LogP contribution in [0.4, 0.5) is 8.78 Å². The maximum atomic E-state index is 13.9. The Balaban J connectivity index is 2.92. The van der Waals surface area contributed by atoms with Crippen molar-refractivity contribution in [1.82, 2.24) is 9.62 Å². The topological polar surface area (TPSA) is 104 Å². The van der Waals surface area contributed by atoms with Crippen LogP contribution < -0.4 is 5.32 Å². The first-order valence-corrected chi connectivity index (χ1v) is 9.43. The molecule has 1 aliphatic carbocycles. The second-order valence-electron chi connectivity index (χ2n) is 6.09. The standard InChI is InChI=1S/C14H24F2N2O5S/c1-10(13(20)21)18(8-7-17-11(2)19)24(22,23)9-12-5-3-4-6-14(12,15)16/h10,12H,3-9H2,1-2H3,(H,17,19)(H,20,21). The summed E-state index contributed by atoms with van der Waals surface area (Å²) >= 11 is 0. The van der Waals surface area contributed by atoms with E-state index in [-0.39, 0.29) is 25.9 Å². The van der Waals surface area contributed by atoms with Gasteiger partial charge >= 0.3 is 5.97 Å². The van der Waals surface area contributed by atoms with E-state index in [4.69, 9.17) is 5.11 Å². The number of nitrogens with zero attached hydrogens (tertiary/aromatic N) is 1. The van der Waals surface area contributed by atoms with E-state index in [0.717, 1.165) is 0 Å². The van der Waals surface area contributed by atoms with Gasteiger partial charge in [-0.3, -0.25) is 9.59 Å². The van der Waals surface area contributed by atoms with Gasteiger partial charge in [0.1, 0.15) is 6.04 Å². The number of halogens is 2. The molecular formula is C14H24F2N2O5S. The van der Waals surface area contributed by atoms with Gasteiger partial charge in [-0.25, -0.2) is 17.2 Å². The van der Waals surface area contributed by atoms with E-state index >= 15 is 0 Å². The number of hydrogen-bond donors (Lipinski definition) is 2. The van der Waals surface area contributed by atoms with Gasteiger partial charge in [-0.1, -0.05) is 6.42 Å². The maximum absolute atomic E-state index is 13.9. The molecule has 1 saturated carbocycles. The molecular weight excluding hydrogens is 346 g/mol. The van der Waals surface area contributed by atoms with Crippen LogP contribution in [0.2, 0.25) is 0 Å². The molecule has 0 spiro atoms. The number of alkyl halides is 2. The molecule has 0 aromatic carbocycles. The molecule has 0 radical (unpaired) electrons. The van der Waals surface area contributed by atoms with Crippen molar-refractivity contribution in [1.29, 1.82) is 0 Å². The fourth-order valence-electron chi connectivity index (χ4n) is 2.76. The number of carbonyl (C=O) groups excluding carboxylic acids is 1. The van der Waals surface area contributed by atoms with Gasteiger partial charge in [0, 0.05) is 32.4 Å². The van der Waals surface area contributed by atoms with Gasteiger partial charge in [-0.2, -0.15) is 4.31 Å². The van der Waals surface area contributed by atoms with Crippen LogP contribution >= 0.6 is 0 Å². The van der Waals surface area contributed by atoms with Crippen molar-refractivity contribution in [2.75, 3.05) is 18.8 Å². The lowest BCUT2D eigenvalue weighted by Gasteiger charge is -2.33. The summed E-state index contributed by atoms with van der Waals surface area (Å²) in [6, 6.07) is -1.40. The van der Waals surface area contributed by atoms with Crippen LogP contribution in [0.1, 0.15) is 39.5 Å². The van der Waals surface area contributed by atoms with Crippen LogP contribution in [0.25, 0.3) is 0 Å². The second kappa shape index (κ2) is 8.19. The first-order chi connectivity index (χ1) is 11.0. The van der Waals surface area contributed by atoms with Gasteiger partial charge in [0.05, 0.1) is 5.75 Å². The number of amides is 1. The van der Waals surface area contributed by atoms with Crippen molar-refractivity contribution in [3.05, 3.63) is 0 Å². The molecule has 0 bridgehead atoms. The molecule has 1 aliphatic rings. The molecule has 140 valence electrons. The minimum Gasteiger partial charge on any atom is -0.480 e. The summed E-state index contributed by atoms with van der Waals surface area (Å²) in [6.45, 7) is 2.04. The second-order valence-corrected chi connectivity index (χ2v) is 8.06. The zero-order valence-corrected chi connectivity index (χ0v) is 14.6. The van der Waals surface area contributed by atoms with Crippen molar-refractivity contribution in [3.8, 4) is 0 Å². The predicted molar refractivity (Wildman–Crippen MR) is 83.2 cm³/mol. The Bertz CT molecular complexity index is 568. The largest absolute Gasteiger partial charge is 0.480 e. The highest BCUT2D eigenvalue weighted by Crippen LogP contribution is 2.39. The fourth-order valence-corrected chi connectivity index (χ4v) is 4.81. The maximum Gasteiger partial charge on any atom is 0.321 e. The average Bonchev–Trinajstić information content (AvgIpc) is 2.44. The van der Waals surface area contributed by atoms with Crippen molar-refractivity contribution >= 4 is 21.9 Å². The summed E-state index contributed by atoms with van der Waals surface area (Å²) in [5.74, 6) is -6.95. The van der Waals surface area contributed by atoms with Crippen LogP contribution in [-0.4, -0.2) is 60.5 Å². The Morgan fingerprint density at radius 3 is 2.50 bits per heavy atom. The number of rotatable bonds is 8. The van der Waals surface area contributed by atoms with E-state index in [1.165, 1.54) is 13.8 Å². The minimum atomic E-state index is -4.21. The molecule has 10 heteroatoms. The third kappa shape index (κ3) is 5.66. The first-order valence-electron chi connectivity index (χ1n) is 7.82. The summed E-state index contributed by atoms with van der Waals surface area (Å²) < 4.78 is 53.6. The number of aliphatic carboxylic acids is 1. The molecule has 0 aliphatic heterocycles. The van der Waals surface area contributed by atoms with Crippen molar-refractivity contribution < 1.29 is 31.9 Å². The molecule has 2 N–H and O–H groups in total. The van der Waals surface area contributed by atoms with Crippen LogP contribution in [0.3, 0.4) is 0 Å². The van der Waals surface area contributed by atoms with E-state index in [1.807, 2.05) is 0 Å². The lowest BCUT2D eigenvalue weighted by molar-refractivity contribution is -0.140. The molecule has 2 unspecified atom stereocenters. The van der Waals surface area contributed by atoms with E-state index < -0.39 is 45.5 Å². The van der Waals surface area contributed by atoms with Crippen LogP contribution in [0.5, 0.6) is 0 Å². The predicted octanol–water partition coefficient (Wildman–Crippen LogP) is 1.05. The summed E-state index contributed by atoms with van der Waals surface area (Å²) in [5.41, 5.74) is 0. The lowest BCUT2D eigenvalue weighted by Crippen LogP contribution is -2.49. The number of carbonyl (C=O) groups is 2. The van der Waals surface area contributed by atoms with Gasteiger partial charge in [0.2, 0.25) is 15.9 Å². The number of sulfonamides is 1. The lowest BCUT2D eigenvalue weighted by atomic mass is 9.87. The summed E-state index contributed by atoms with van der Waals surface area (Å²) in [4.78, 5) is 22.0. The average molecular weight is 370 g/mol. The van der Waals surface area contributed by atoms with Crippen LogP contribution in [0.15, 0.2) is 0 Å². The third-order valence-electron chi connectivity index (χ3n) is 4.17. The minimum absolute atomic E-state index is 0.0900. The highest BCUT2D eigenvalue weighted by atomic mass is 32.2. The normalized spacial score (nSPS) is 22.1. The Hall–Kier alpha value is -1.29. The molecule has 0 heterocycles. The van der Waals surface area contributed by atoms with Crippen molar-refractivity contribution in [2.45, 2.75) is 51.5 Å². The van der Waals surface area contributed by atoms with Gasteiger partial charge in [-0.05, 0) is 19.8 Å². The quantitative estimate of drug-likeness (QED) is 0.665. The Morgan fingerprint density at radius 2 is 2.00 bits per heavy atom.